The maximum absolute atomic E-state index is 5.65. The van der Waals surface area contributed by atoms with Crippen molar-refractivity contribution in [2.45, 2.75) is 65.5 Å². The lowest BCUT2D eigenvalue weighted by molar-refractivity contribution is 0.0912. The summed E-state index contributed by atoms with van der Waals surface area (Å²) in [6.45, 7) is 11.2. The van der Waals surface area contributed by atoms with Gasteiger partial charge in [0, 0.05) is 19.2 Å². The van der Waals surface area contributed by atoms with Crippen LogP contribution in [0.5, 0.6) is 0 Å². The van der Waals surface area contributed by atoms with E-state index in [1.54, 1.807) is 0 Å². The first kappa shape index (κ1) is 13.0. The lowest BCUT2D eigenvalue weighted by Crippen LogP contribution is -2.34. The van der Waals surface area contributed by atoms with Crippen LogP contribution in [0.3, 0.4) is 0 Å². The average Bonchev–Trinajstić information content (AvgIpc) is 2.65. The molecule has 1 rings (SSSR count). The Bertz CT molecular complexity index is 171. The molecule has 1 saturated heterocycles. The standard InChI is InChI=1S/C13H27NO/c1-11(2)14-10-13(3,4)8-7-12-6-5-9-15-12/h11-12,14H,5-10H2,1-4H3. The summed E-state index contributed by atoms with van der Waals surface area (Å²) in [6, 6.07) is 0.590. The first-order valence-electron chi connectivity index (χ1n) is 6.34. The number of hydrogen-bond acceptors (Lipinski definition) is 2. The summed E-state index contributed by atoms with van der Waals surface area (Å²) in [5.41, 5.74) is 0.399. The smallest absolute Gasteiger partial charge is 0.0576 e. The lowest BCUT2D eigenvalue weighted by Gasteiger charge is -2.27. The van der Waals surface area contributed by atoms with Gasteiger partial charge in [-0.05, 0) is 31.1 Å². The van der Waals surface area contributed by atoms with Gasteiger partial charge in [0.1, 0.15) is 0 Å². The van der Waals surface area contributed by atoms with Gasteiger partial charge in [-0.15, -0.1) is 0 Å². The molecule has 1 N–H and O–H groups in total. The van der Waals surface area contributed by atoms with Crippen LogP contribution in [-0.4, -0.2) is 25.3 Å². The summed E-state index contributed by atoms with van der Waals surface area (Å²) in [6.07, 6.45) is 5.57. The number of ether oxygens (including phenoxy) is 1. The van der Waals surface area contributed by atoms with Crippen LogP contribution in [0.1, 0.15) is 53.4 Å². The molecule has 90 valence electrons. The van der Waals surface area contributed by atoms with Crippen LogP contribution in [0.4, 0.5) is 0 Å². The van der Waals surface area contributed by atoms with Gasteiger partial charge in [0.05, 0.1) is 6.10 Å². The minimum Gasteiger partial charge on any atom is -0.378 e. The summed E-state index contributed by atoms with van der Waals surface area (Å²) in [5, 5.41) is 3.52. The van der Waals surface area contributed by atoms with Crippen molar-refractivity contribution in [1.82, 2.24) is 5.32 Å². The molecule has 1 aliphatic heterocycles. The van der Waals surface area contributed by atoms with E-state index >= 15 is 0 Å². The molecule has 0 aliphatic carbocycles. The Morgan fingerprint density at radius 2 is 2.13 bits per heavy atom. The molecular weight excluding hydrogens is 186 g/mol. The summed E-state index contributed by atoms with van der Waals surface area (Å²) in [7, 11) is 0. The van der Waals surface area contributed by atoms with Gasteiger partial charge in [0.2, 0.25) is 0 Å². The molecule has 0 aromatic rings. The van der Waals surface area contributed by atoms with Crippen molar-refractivity contribution in [2.24, 2.45) is 5.41 Å². The van der Waals surface area contributed by atoms with Gasteiger partial charge in [-0.2, -0.15) is 0 Å². The Balaban J connectivity index is 2.16. The molecule has 0 saturated carbocycles. The third kappa shape index (κ3) is 5.53. The first-order chi connectivity index (χ1) is 6.99. The molecule has 1 aliphatic rings. The van der Waals surface area contributed by atoms with E-state index in [2.05, 4.69) is 33.0 Å². The van der Waals surface area contributed by atoms with Crippen molar-refractivity contribution in [3.8, 4) is 0 Å². The predicted molar refractivity (Wildman–Crippen MR) is 65.1 cm³/mol. The maximum atomic E-state index is 5.65. The Morgan fingerprint density at radius 1 is 1.40 bits per heavy atom. The summed E-state index contributed by atoms with van der Waals surface area (Å²) >= 11 is 0. The first-order valence-corrected chi connectivity index (χ1v) is 6.34. The molecule has 0 radical (unpaired) electrons. The van der Waals surface area contributed by atoms with Crippen LogP contribution < -0.4 is 5.32 Å². The van der Waals surface area contributed by atoms with Crippen molar-refractivity contribution < 1.29 is 4.74 Å². The van der Waals surface area contributed by atoms with Crippen LogP contribution >= 0.6 is 0 Å². The fourth-order valence-electron chi connectivity index (χ4n) is 1.99. The van der Waals surface area contributed by atoms with E-state index in [1.165, 1.54) is 25.7 Å². The van der Waals surface area contributed by atoms with E-state index in [9.17, 15) is 0 Å². The fraction of sp³-hybridized carbons (Fsp3) is 1.00. The molecule has 0 aromatic carbocycles. The molecule has 1 unspecified atom stereocenters. The number of hydrogen-bond donors (Lipinski definition) is 1. The molecule has 15 heavy (non-hydrogen) atoms. The average molecular weight is 213 g/mol. The van der Waals surface area contributed by atoms with Crippen LogP contribution in [0, 0.1) is 5.41 Å². The molecule has 2 heteroatoms. The maximum Gasteiger partial charge on any atom is 0.0576 e. The summed E-state index contributed by atoms with van der Waals surface area (Å²) in [4.78, 5) is 0. The highest BCUT2D eigenvalue weighted by molar-refractivity contribution is 4.76. The van der Waals surface area contributed by atoms with E-state index < -0.39 is 0 Å². The quantitative estimate of drug-likeness (QED) is 0.732. The predicted octanol–water partition coefficient (Wildman–Crippen LogP) is 2.97. The van der Waals surface area contributed by atoms with Crippen molar-refractivity contribution in [1.29, 1.82) is 0 Å². The molecule has 0 spiro atoms. The Labute approximate surface area is 94.8 Å². The van der Waals surface area contributed by atoms with E-state index in [0.29, 0.717) is 17.6 Å². The Kier molecular flexibility index (Phi) is 5.07. The van der Waals surface area contributed by atoms with E-state index in [-0.39, 0.29) is 0 Å². The second-order valence-corrected chi connectivity index (χ2v) is 5.87. The van der Waals surface area contributed by atoms with Crippen LogP contribution in [0.25, 0.3) is 0 Å². The van der Waals surface area contributed by atoms with Gasteiger partial charge in [-0.3, -0.25) is 0 Å². The monoisotopic (exact) mass is 213 g/mol. The van der Waals surface area contributed by atoms with Crippen molar-refractivity contribution in [3.05, 3.63) is 0 Å². The normalized spacial score (nSPS) is 22.6. The minimum atomic E-state index is 0.399. The van der Waals surface area contributed by atoms with Crippen molar-refractivity contribution in [2.75, 3.05) is 13.2 Å². The van der Waals surface area contributed by atoms with Crippen molar-refractivity contribution in [3.63, 3.8) is 0 Å². The van der Waals surface area contributed by atoms with E-state index in [4.69, 9.17) is 4.74 Å². The van der Waals surface area contributed by atoms with E-state index in [0.717, 1.165) is 13.2 Å². The van der Waals surface area contributed by atoms with Gasteiger partial charge in [0.25, 0.3) is 0 Å². The van der Waals surface area contributed by atoms with Crippen LogP contribution in [-0.2, 0) is 4.74 Å². The van der Waals surface area contributed by atoms with Gasteiger partial charge >= 0.3 is 0 Å². The minimum absolute atomic E-state index is 0.399. The van der Waals surface area contributed by atoms with Gasteiger partial charge in [0.15, 0.2) is 0 Å². The largest absolute Gasteiger partial charge is 0.378 e. The third-order valence-corrected chi connectivity index (χ3v) is 3.16. The fourth-order valence-corrected chi connectivity index (χ4v) is 1.99. The Morgan fingerprint density at radius 3 is 2.67 bits per heavy atom. The molecule has 1 heterocycles. The zero-order chi connectivity index (χ0) is 11.3. The third-order valence-electron chi connectivity index (χ3n) is 3.16. The van der Waals surface area contributed by atoms with Crippen LogP contribution in [0.15, 0.2) is 0 Å². The van der Waals surface area contributed by atoms with Gasteiger partial charge < -0.3 is 10.1 Å². The summed E-state index contributed by atoms with van der Waals surface area (Å²) in [5.74, 6) is 0. The zero-order valence-electron chi connectivity index (χ0n) is 10.8. The highest BCUT2D eigenvalue weighted by atomic mass is 16.5. The molecule has 0 amide bonds. The van der Waals surface area contributed by atoms with Crippen LogP contribution in [0.2, 0.25) is 0 Å². The molecular formula is C13H27NO. The van der Waals surface area contributed by atoms with E-state index in [1.807, 2.05) is 0 Å². The number of rotatable bonds is 6. The lowest BCUT2D eigenvalue weighted by atomic mass is 9.86. The van der Waals surface area contributed by atoms with Crippen molar-refractivity contribution >= 4 is 0 Å². The molecule has 1 fully saturated rings. The highest BCUT2D eigenvalue weighted by Crippen LogP contribution is 2.26. The van der Waals surface area contributed by atoms with Gasteiger partial charge in [-0.25, -0.2) is 0 Å². The highest BCUT2D eigenvalue weighted by Gasteiger charge is 2.22. The number of nitrogens with one attached hydrogen (secondary N) is 1. The second-order valence-electron chi connectivity index (χ2n) is 5.87. The molecule has 0 aromatic heterocycles. The Hall–Kier alpha value is -0.0800. The summed E-state index contributed by atoms with van der Waals surface area (Å²) < 4.78 is 5.65. The van der Waals surface area contributed by atoms with Gasteiger partial charge in [-0.1, -0.05) is 27.7 Å². The SMILES string of the molecule is CC(C)NCC(C)(C)CCC1CCCO1. The topological polar surface area (TPSA) is 21.3 Å². The molecule has 0 bridgehead atoms. The molecule has 1 atom stereocenters. The second kappa shape index (κ2) is 5.86. The molecule has 2 nitrogen and oxygen atoms in total. The zero-order valence-corrected chi connectivity index (χ0v) is 10.8.